The number of rotatable bonds is 3. The summed E-state index contributed by atoms with van der Waals surface area (Å²) in [7, 11) is 1.25. The number of phenolic OH excluding ortho intramolecular Hbond substituents is 1. The average molecular weight is 240 g/mol. The van der Waals surface area contributed by atoms with Crippen molar-refractivity contribution in [3.05, 3.63) is 28.8 Å². The molecule has 0 heterocycles. The summed E-state index contributed by atoms with van der Waals surface area (Å²) in [4.78, 5) is 11.1. The molecule has 0 spiro atoms. The van der Waals surface area contributed by atoms with E-state index in [2.05, 4.69) is 4.74 Å². The highest BCUT2D eigenvalue weighted by molar-refractivity contribution is 6.17. The summed E-state index contributed by atoms with van der Waals surface area (Å²) in [6, 6.07) is 4.90. The number of hydrogen-bond acceptors (Lipinski definition) is 4. The van der Waals surface area contributed by atoms with Crippen LogP contribution in [0.5, 0.6) is 5.75 Å². The maximum absolute atomic E-state index is 11.1. The Kier molecular flexibility index (Phi) is 4.15. The number of aromatic hydroxyl groups is 1. The molecule has 0 amide bonds. The van der Waals surface area contributed by atoms with Crippen LogP contribution in [0.25, 0.3) is 0 Å². The topological polar surface area (TPSA) is 70.3 Å². The molecule has 4 nitrogen and oxygen atoms in total. The summed E-state index contributed by atoms with van der Waals surface area (Å²) in [5, 5.41) is 18.6. The first-order valence-electron chi connectivity index (χ1n) is 4.50. The van der Waals surface area contributed by atoms with Crippen LogP contribution in [0.3, 0.4) is 0 Å². The quantitative estimate of drug-likeness (QED) is 0.644. The Morgan fingerprint density at radius 2 is 2.31 bits per heavy atom. The smallest absolute Gasteiger partial charge is 0.310 e. The van der Waals surface area contributed by atoms with Crippen LogP contribution in [0.2, 0.25) is 0 Å². The highest BCUT2D eigenvalue weighted by Gasteiger charge is 2.15. The van der Waals surface area contributed by atoms with Gasteiger partial charge in [-0.15, -0.1) is 11.6 Å². The molecule has 0 saturated heterocycles. The van der Waals surface area contributed by atoms with Crippen LogP contribution in [0.15, 0.2) is 12.1 Å². The van der Waals surface area contributed by atoms with E-state index in [1.165, 1.54) is 13.2 Å². The van der Waals surface area contributed by atoms with Crippen LogP contribution in [0.4, 0.5) is 0 Å². The lowest BCUT2D eigenvalue weighted by Crippen LogP contribution is -2.07. The van der Waals surface area contributed by atoms with Gasteiger partial charge in [-0.25, -0.2) is 0 Å². The number of benzene rings is 1. The molecule has 0 unspecified atom stereocenters. The predicted octanol–water partition coefficient (Wildman–Crippen LogP) is 1.72. The molecule has 1 aromatic carbocycles. The monoisotopic (exact) mass is 239 g/mol. The largest absolute Gasteiger partial charge is 0.508 e. The first kappa shape index (κ1) is 12.3. The SMILES string of the molecule is COC(=O)Cc1c(O)ccc(CCl)c1C#N. The second-order valence-electron chi connectivity index (χ2n) is 3.10. The maximum Gasteiger partial charge on any atom is 0.310 e. The first-order chi connectivity index (χ1) is 7.63. The van der Waals surface area contributed by atoms with Crippen LogP contribution >= 0.6 is 11.6 Å². The fourth-order valence-corrected chi connectivity index (χ4v) is 1.55. The highest BCUT2D eigenvalue weighted by Crippen LogP contribution is 2.25. The molecular weight excluding hydrogens is 230 g/mol. The van der Waals surface area contributed by atoms with E-state index < -0.39 is 5.97 Å². The van der Waals surface area contributed by atoms with Gasteiger partial charge in [0.25, 0.3) is 0 Å². The Balaban J connectivity index is 3.25. The molecule has 0 aliphatic heterocycles. The van der Waals surface area contributed by atoms with Crippen LogP contribution < -0.4 is 0 Å². The molecule has 0 atom stereocenters. The molecule has 1 rings (SSSR count). The number of nitriles is 1. The Morgan fingerprint density at radius 1 is 1.62 bits per heavy atom. The third kappa shape index (κ3) is 2.44. The minimum atomic E-state index is -0.515. The number of esters is 1. The number of halogens is 1. The van der Waals surface area contributed by atoms with Crippen molar-refractivity contribution in [3.63, 3.8) is 0 Å². The van der Waals surface area contributed by atoms with E-state index in [4.69, 9.17) is 16.9 Å². The fourth-order valence-electron chi connectivity index (χ4n) is 1.33. The van der Waals surface area contributed by atoms with E-state index >= 15 is 0 Å². The normalized spacial score (nSPS) is 9.56. The van der Waals surface area contributed by atoms with Crippen molar-refractivity contribution >= 4 is 17.6 Å². The predicted molar refractivity (Wildman–Crippen MR) is 58.1 cm³/mol. The van der Waals surface area contributed by atoms with Gasteiger partial charge in [0, 0.05) is 11.4 Å². The van der Waals surface area contributed by atoms with Gasteiger partial charge in [0.2, 0.25) is 0 Å². The summed E-state index contributed by atoms with van der Waals surface area (Å²) in [5.74, 6) is -0.466. The van der Waals surface area contributed by atoms with Crippen molar-refractivity contribution < 1.29 is 14.6 Å². The van der Waals surface area contributed by atoms with Crippen LogP contribution in [-0.4, -0.2) is 18.2 Å². The molecule has 0 aliphatic carbocycles. The Bertz CT molecular complexity index is 451. The Labute approximate surface area is 98.0 Å². The number of carbonyl (C=O) groups excluding carboxylic acids is 1. The Morgan fingerprint density at radius 3 is 2.81 bits per heavy atom. The molecule has 1 aromatic rings. The molecule has 5 heteroatoms. The van der Waals surface area contributed by atoms with Gasteiger partial charge in [-0.05, 0) is 11.6 Å². The number of hydrogen-bond donors (Lipinski definition) is 1. The molecule has 0 aliphatic rings. The molecule has 0 aromatic heterocycles. The minimum absolute atomic E-state index is 0.101. The number of carbonyl (C=O) groups is 1. The van der Waals surface area contributed by atoms with Crippen molar-refractivity contribution in [1.82, 2.24) is 0 Å². The van der Waals surface area contributed by atoms with E-state index in [1.807, 2.05) is 6.07 Å². The van der Waals surface area contributed by atoms with E-state index in [9.17, 15) is 9.90 Å². The number of nitrogens with zero attached hydrogens (tertiary/aromatic N) is 1. The van der Waals surface area contributed by atoms with Gasteiger partial charge < -0.3 is 9.84 Å². The highest BCUT2D eigenvalue weighted by atomic mass is 35.5. The third-order valence-electron chi connectivity index (χ3n) is 2.18. The van der Waals surface area contributed by atoms with Crippen molar-refractivity contribution in [2.24, 2.45) is 0 Å². The molecule has 0 radical (unpaired) electrons. The molecule has 0 fully saturated rings. The van der Waals surface area contributed by atoms with Crippen LogP contribution in [0.1, 0.15) is 16.7 Å². The van der Waals surface area contributed by atoms with Crippen molar-refractivity contribution in [1.29, 1.82) is 5.26 Å². The number of methoxy groups -OCH3 is 1. The molecule has 1 N–H and O–H groups in total. The number of alkyl halides is 1. The standard InChI is InChI=1S/C11H10ClNO3/c1-16-11(15)4-8-9(6-13)7(5-12)2-3-10(8)14/h2-3,14H,4-5H2,1H3. The summed E-state index contributed by atoms with van der Waals surface area (Å²) >= 11 is 5.66. The van der Waals surface area contributed by atoms with Crippen LogP contribution in [0, 0.1) is 11.3 Å². The first-order valence-corrected chi connectivity index (χ1v) is 5.04. The summed E-state index contributed by atoms with van der Waals surface area (Å²) in [6.45, 7) is 0. The van der Waals surface area contributed by atoms with E-state index in [1.54, 1.807) is 6.07 Å². The lowest BCUT2D eigenvalue weighted by molar-refractivity contribution is -0.139. The van der Waals surface area contributed by atoms with Gasteiger partial charge >= 0.3 is 5.97 Å². The van der Waals surface area contributed by atoms with Gasteiger partial charge in [0.15, 0.2) is 0 Å². The van der Waals surface area contributed by atoms with Crippen LogP contribution in [-0.2, 0) is 21.8 Å². The zero-order valence-corrected chi connectivity index (χ0v) is 9.41. The fraction of sp³-hybridized carbons (Fsp3) is 0.273. The number of ether oxygens (including phenoxy) is 1. The van der Waals surface area contributed by atoms with Gasteiger partial charge in [0.1, 0.15) is 5.75 Å². The zero-order valence-electron chi connectivity index (χ0n) is 8.66. The Hall–Kier alpha value is -1.73. The second kappa shape index (κ2) is 5.38. The van der Waals surface area contributed by atoms with E-state index in [0.717, 1.165) is 0 Å². The minimum Gasteiger partial charge on any atom is -0.508 e. The number of phenols is 1. The van der Waals surface area contributed by atoms with E-state index in [-0.39, 0.29) is 29.2 Å². The van der Waals surface area contributed by atoms with Crippen molar-refractivity contribution in [2.45, 2.75) is 12.3 Å². The average Bonchev–Trinajstić information content (AvgIpc) is 2.31. The van der Waals surface area contributed by atoms with Gasteiger partial charge in [-0.3, -0.25) is 4.79 Å². The molecule has 84 valence electrons. The van der Waals surface area contributed by atoms with Gasteiger partial charge in [0.05, 0.1) is 25.2 Å². The molecule has 0 bridgehead atoms. The molecular formula is C11H10ClNO3. The lowest BCUT2D eigenvalue weighted by Gasteiger charge is -2.08. The van der Waals surface area contributed by atoms with Gasteiger partial charge in [-0.1, -0.05) is 6.07 Å². The second-order valence-corrected chi connectivity index (χ2v) is 3.36. The van der Waals surface area contributed by atoms with Crippen molar-refractivity contribution in [3.8, 4) is 11.8 Å². The van der Waals surface area contributed by atoms with Crippen molar-refractivity contribution in [2.75, 3.05) is 7.11 Å². The third-order valence-corrected chi connectivity index (χ3v) is 2.47. The zero-order chi connectivity index (χ0) is 12.1. The van der Waals surface area contributed by atoms with E-state index in [0.29, 0.717) is 5.56 Å². The van der Waals surface area contributed by atoms with Gasteiger partial charge in [-0.2, -0.15) is 5.26 Å². The molecule has 0 saturated carbocycles. The maximum atomic E-state index is 11.1. The summed E-state index contributed by atoms with van der Waals surface area (Å²) < 4.78 is 4.49. The lowest BCUT2D eigenvalue weighted by atomic mass is 9.99. The molecule has 16 heavy (non-hydrogen) atoms. The summed E-state index contributed by atoms with van der Waals surface area (Å²) in [5.41, 5.74) is 1.08. The summed E-state index contributed by atoms with van der Waals surface area (Å²) in [6.07, 6.45) is -0.143.